The maximum Gasteiger partial charge on any atom is 0.341 e. The zero-order valence-corrected chi connectivity index (χ0v) is 16.7. The summed E-state index contributed by atoms with van der Waals surface area (Å²) in [5, 5.41) is 12.6. The van der Waals surface area contributed by atoms with Crippen molar-refractivity contribution >= 4 is 22.6 Å². The number of halogens is 1. The number of para-hydroxylation sites is 2. The van der Waals surface area contributed by atoms with E-state index in [0.29, 0.717) is 29.4 Å². The number of anilines is 1. The minimum absolute atomic E-state index is 0.0253. The Balaban J connectivity index is 1.64. The van der Waals surface area contributed by atoms with Gasteiger partial charge in [0, 0.05) is 12.7 Å². The number of nitrogens with zero attached hydrogens (tertiary/aromatic N) is 1. The third kappa shape index (κ3) is 3.26. The van der Waals surface area contributed by atoms with Gasteiger partial charge < -0.3 is 19.7 Å². The summed E-state index contributed by atoms with van der Waals surface area (Å²) in [6.45, 7) is 0.548. The zero-order chi connectivity index (χ0) is 21.5. The Labute approximate surface area is 177 Å². The molecule has 0 fully saturated rings. The lowest BCUT2D eigenvalue weighted by Gasteiger charge is -2.26. The summed E-state index contributed by atoms with van der Waals surface area (Å²) in [5.41, 5.74) is -0.0271. The molecule has 2 aromatic carbocycles. The van der Waals surface area contributed by atoms with Gasteiger partial charge in [-0.25, -0.2) is 9.18 Å². The van der Waals surface area contributed by atoms with Crippen LogP contribution in [0.25, 0.3) is 16.6 Å². The average Bonchev–Trinajstić information content (AvgIpc) is 2.77. The molecule has 7 heteroatoms. The Morgan fingerprint density at radius 3 is 2.94 bits per heavy atom. The number of carbonyl (C=O) groups is 1. The third-order valence-corrected chi connectivity index (χ3v) is 5.93. The first-order chi connectivity index (χ1) is 15.0. The number of pyridine rings is 1. The Kier molecular flexibility index (Phi) is 4.73. The number of rotatable bonds is 5. The van der Waals surface area contributed by atoms with Crippen LogP contribution in [0.3, 0.4) is 0 Å². The van der Waals surface area contributed by atoms with Gasteiger partial charge >= 0.3 is 5.97 Å². The number of hydrogen-bond acceptors (Lipinski definition) is 4. The number of benzene rings is 2. The molecule has 0 saturated heterocycles. The van der Waals surface area contributed by atoms with Crippen LogP contribution in [0.1, 0.15) is 36.0 Å². The van der Waals surface area contributed by atoms with Crippen LogP contribution in [0, 0.1) is 11.7 Å². The van der Waals surface area contributed by atoms with Gasteiger partial charge in [0.2, 0.25) is 5.43 Å². The molecular formula is C24H21FN2O4. The number of nitrogens with one attached hydrogen (secondary N) is 1. The first kappa shape index (κ1) is 19.4. The van der Waals surface area contributed by atoms with Gasteiger partial charge in [0.25, 0.3) is 0 Å². The molecule has 2 N–H and O–H groups in total. The largest absolute Gasteiger partial charge is 0.477 e. The van der Waals surface area contributed by atoms with Crippen LogP contribution in [-0.2, 0) is 0 Å². The Bertz CT molecular complexity index is 1290. The number of carboxylic acid groups (broad SMARTS) is 1. The topological polar surface area (TPSA) is 80.6 Å². The van der Waals surface area contributed by atoms with Crippen LogP contribution in [0.2, 0.25) is 0 Å². The van der Waals surface area contributed by atoms with Gasteiger partial charge in [-0.15, -0.1) is 0 Å². The predicted molar refractivity (Wildman–Crippen MR) is 116 cm³/mol. The fraction of sp³-hybridized carbons (Fsp3) is 0.250. The molecule has 1 unspecified atom stereocenters. The molecule has 0 saturated carbocycles. The maximum absolute atomic E-state index is 15.1. The highest BCUT2D eigenvalue weighted by Crippen LogP contribution is 2.45. The van der Waals surface area contributed by atoms with E-state index in [1.54, 1.807) is 28.8 Å². The highest BCUT2D eigenvalue weighted by Gasteiger charge is 2.28. The Morgan fingerprint density at radius 1 is 1.32 bits per heavy atom. The van der Waals surface area contributed by atoms with Crippen molar-refractivity contribution in [3.05, 3.63) is 70.3 Å². The number of ether oxygens (including phenoxy) is 1. The predicted octanol–water partition coefficient (Wildman–Crippen LogP) is 5.09. The summed E-state index contributed by atoms with van der Waals surface area (Å²) in [5.74, 6) is -0.891. The second-order valence-electron chi connectivity index (χ2n) is 7.91. The van der Waals surface area contributed by atoms with Crippen molar-refractivity contribution in [2.24, 2.45) is 5.92 Å². The van der Waals surface area contributed by atoms with Crippen LogP contribution in [0.5, 0.6) is 11.5 Å². The molecule has 0 bridgehead atoms. The van der Waals surface area contributed by atoms with Gasteiger partial charge in [-0.05, 0) is 49.8 Å². The van der Waals surface area contributed by atoms with Crippen LogP contribution >= 0.6 is 0 Å². The highest BCUT2D eigenvalue weighted by atomic mass is 19.1. The second kappa shape index (κ2) is 7.58. The van der Waals surface area contributed by atoms with Crippen molar-refractivity contribution in [1.29, 1.82) is 0 Å². The van der Waals surface area contributed by atoms with Gasteiger partial charge in [-0.2, -0.15) is 0 Å². The monoisotopic (exact) mass is 420 g/mol. The fourth-order valence-electron chi connectivity index (χ4n) is 4.39. The van der Waals surface area contributed by atoms with E-state index in [0.717, 1.165) is 31.7 Å². The Morgan fingerprint density at radius 2 is 2.16 bits per heavy atom. The summed E-state index contributed by atoms with van der Waals surface area (Å²) in [6.07, 6.45) is 9.93. The van der Waals surface area contributed by atoms with E-state index in [1.165, 1.54) is 6.20 Å². The molecule has 1 aliphatic heterocycles. The van der Waals surface area contributed by atoms with Crippen LogP contribution < -0.4 is 15.5 Å². The van der Waals surface area contributed by atoms with Crippen molar-refractivity contribution in [2.75, 3.05) is 11.9 Å². The zero-order valence-electron chi connectivity index (χ0n) is 16.7. The molecule has 31 heavy (non-hydrogen) atoms. The maximum atomic E-state index is 15.1. The normalized spacial score (nSPS) is 16.6. The quantitative estimate of drug-likeness (QED) is 0.440. The van der Waals surface area contributed by atoms with E-state index in [9.17, 15) is 14.7 Å². The molecule has 0 radical (unpaired) electrons. The third-order valence-electron chi connectivity index (χ3n) is 5.93. The number of carboxylic acids is 1. The Hall–Kier alpha value is -3.61. The summed E-state index contributed by atoms with van der Waals surface area (Å²) in [7, 11) is 0. The molecule has 2 aliphatic rings. The SMILES string of the molecule is O=C(O)c1cn2c3c(c(NCCC4C=CCCC4)c(F)cc3c1=O)Oc1ccccc1-2. The van der Waals surface area contributed by atoms with Crippen LogP contribution in [-0.4, -0.2) is 22.2 Å². The smallest absolute Gasteiger partial charge is 0.341 e. The number of aromatic nitrogens is 1. The van der Waals surface area contributed by atoms with E-state index in [2.05, 4.69) is 17.5 Å². The van der Waals surface area contributed by atoms with Crippen molar-refractivity contribution in [2.45, 2.75) is 25.7 Å². The first-order valence-corrected chi connectivity index (χ1v) is 10.4. The summed E-state index contributed by atoms with van der Waals surface area (Å²) < 4.78 is 22.8. The van der Waals surface area contributed by atoms with Gasteiger partial charge in [0.15, 0.2) is 17.3 Å². The second-order valence-corrected chi connectivity index (χ2v) is 7.91. The molecule has 0 amide bonds. The molecule has 5 rings (SSSR count). The first-order valence-electron chi connectivity index (χ1n) is 10.4. The van der Waals surface area contributed by atoms with Crippen molar-refractivity contribution < 1.29 is 19.0 Å². The van der Waals surface area contributed by atoms with Crippen molar-refractivity contribution in [1.82, 2.24) is 4.57 Å². The minimum Gasteiger partial charge on any atom is -0.477 e. The molecule has 1 aromatic heterocycles. The highest BCUT2D eigenvalue weighted by molar-refractivity contribution is 5.98. The molecule has 1 atom stereocenters. The number of aromatic carboxylic acids is 1. The lowest BCUT2D eigenvalue weighted by molar-refractivity contribution is 0.0695. The van der Waals surface area contributed by atoms with Crippen molar-refractivity contribution in [3.63, 3.8) is 0 Å². The van der Waals surface area contributed by atoms with Gasteiger partial charge in [0.05, 0.1) is 11.1 Å². The molecule has 0 spiro atoms. The molecule has 1 aliphatic carbocycles. The van der Waals surface area contributed by atoms with Gasteiger partial charge in [0.1, 0.15) is 16.8 Å². The van der Waals surface area contributed by atoms with E-state index in [1.807, 2.05) is 0 Å². The van der Waals surface area contributed by atoms with Gasteiger partial charge in [-0.3, -0.25) is 4.79 Å². The standard InChI is InChI=1S/C24H21FN2O4/c25-17-12-15-21-23(20(17)26-11-10-14-6-2-1-3-7-14)31-19-9-5-4-8-18(19)27(21)13-16(22(15)28)24(29)30/h2,4-6,8-9,12-14,26H,1,3,7,10-11H2,(H,29,30). The molecule has 158 valence electrons. The number of fused-ring (bicyclic) bond motifs is 2. The molecule has 6 nitrogen and oxygen atoms in total. The van der Waals surface area contributed by atoms with Crippen LogP contribution in [0.15, 0.2) is 53.5 Å². The van der Waals surface area contributed by atoms with E-state index < -0.39 is 22.8 Å². The number of hydrogen-bond donors (Lipinski definition) is 2. The van der Waals surface area contributed by atoms with E-state index in [4.69, 9.17) is 4.74 Å². The summed E-state index contributed by atoms with van der Waals surface area (Å²) >= 11 is 0. The molecule has 2 heterocycles. The lowest BCUT2D eigenvalue weighted by Crippen LogP contribution is -2.21. The number of allylic oxidation sites excluding steroid dienone is 2. The molecular weight excluding hydrogens is 399 g/mol. The molecule has 3 aromatic rings. The minimum atomic E-state index is -1.36. The average molecular weight is 420 g/mol. The lowest BCUT2D eigenvalue weighted by atomic mass is 9.93. The van der Waals surface area contributed by atoms with Gasteiger partial charge in [-0.1, -0.05) is 24.3 Å². The van der Waals surface area contributed by atoms with E-state index >= 15 is 4.39 Å². The summed E-state index contributed by atoms with van der Waals surface area (Å²) in [4.78, 5) is 24.4. The summed E-state index contributed by atoms with van der Waals surface area (Å²) in [6, 6.07) is 8.16. The van der Waals surface area contributed by atoms with E-state index in [-0.39, 0.29) is 16.8 Å². The van der Waals surface area contributed by atoms with Crippen LogP contribution in [0.4, 0.5) is 10.1 Å². The van der Waals surface area contributed by atoms with Crippen molar-refractivity contribution in [3.8, 4) is 17.2 Å². The fourth-order valence-corrected chi connectivity index (χ4v) is 4.39.